The molecular formula is C13H23N3O3. The summed E-state index contributed by atoms with van der Waals surface area (Å²) >= 11 is 0. The van der Waals surface area contributed by atoms with Gasteiger partial charge in [-0.3, -0.25) is 9.59 Å². The van der Waals surface area contributed by atoms with Gasteiger partial charge in [0.15, 0.2) is 0 Å². The second-order valence-electron chi connectivity index (χ2n) is 5.17. The number of piperazine rings is 1. The van der Waals surface area contributed by atoms with Gasteiger partial charge in [0, 0.05) is 32.8 Å². The SMILES string of the molecule is CC[C@H](N)C(=O)N1CCN(C(=O)C2CCCO2)CC1. The van der Waals surface area contributed by atoms with Crippen LogP contribution in [-0.2, 0) is 14.3 Å². The molecule has 2 saturated heterocycles. The average molecular weight is 269 g/mol. The molecule has 0 aliphatic carbocycles. The molecule has 2 aliphatic heterocycles. The van der Waals surface area contributed by atoms with E-state index in [4.69, 9.17) is 10.5 Å². The molecule has 19 heavy (non-hydrogen) atoms. The van der Waals surface area contributed by atoms with Gasteiger partial charge in [-0.2, -0.15) is 0 Å². The summed E-state index contributed by atoms with van der Waals surface area (Å²) in [5, 5.41) is 0. The number of carbonyl (C=O) groups is 2. The van der Waals surface area contributed by atoms with Crippen molar-refractivity contribution in [3.8, 4) is 0 Å². The fourth-order valence-electron chi connectivity index (χ4n) is 2.53. The third kappa shape index (κ3) is 3.25. The average Bonchev–Trinajstić information content (AvgIpc) is 2.99. The third-order valence-electron chi connectivity index (χ3n) is 3.87. The minimum absolute atomic E-state index is 0.00767. The number of nitrogens with zero attached hydrogens (tertiary/aromatic N) is 2. The molecule has 2 aliphatic rings. The van der Waals surface area contributed by atoms with Crippen molar-refractivity contribution in [2.45, 2.75) is 38.3 Å². The normalized spacial score (nSPS) is 25.5. The summed E-state index contributed by atoms with van der Waals surface area (Å²) in [4.78, 5) is 27.6. The predicted molar refractivity (Wildman–Crippen MR) is 70.4 cm³/mol. The lowest BCUT2D eigenvalue weighted by Crippen LogP contribution is -2.55. The maximum absolute atomic E-state index is 12.1. The van der Waals surface area contributed by atoms with Crippen LogP contribution in [0.3, 0.4) is 0 Å². The Balaban J connectivity index is 1.81. The van der Waals surface area contributed by atoms with E-state index in [9.17, 15) is 9.59 Å². The maximum atomic E-state index is 12.1. The molecule has 2 fully saturated rings. The number of hydrogen-bond acceptors (Lipinski definition) is 4. The second-order valence-corrected chi connectivity index (χ2v) is 5.17. The summed E-state index contributed by atoms with van der Waals surface area (Å²) in [6, 6.07) is -0.416. The molecule has 108 valence electrons. The zero-order valence-electron chi connectivity index (χ0n) is 11.5. The van der Waals surface area contributed by atoms with E-state index in [-0.39, 0.29) is 17.9 Å². The first-order valence-corrected chi connectivity index (χ1v) is 7.08. The lowest BCUT2D eigenvalue weighted by Gasteiger charge is -2.36. The van der Waals surface area contributed by atoms with Crippen LogP contribution in [0, 0.1) is 0 Å². The lowest BCUT2D eigenvalue weighted by atomic mass is 10.1. The van der Waals surface area contributed by atoms with Crippen molar-refractivity contribution in [3.63, 3.8) is 0 Å². The van der Waals surface area contributed by atoms with E-state index in [2.05, 4.69) is 0 Å². The Bertz CT molecular complexity index is 334. The highest BCUT2D eigenvalue weighted by Crippen LogP contribution is 2.16. The lowest BCUT2D eigenvalue weighted by molar-refractivity contribution is -0.146. The Hall–Kier alpha value is -1.14. The minimum atomic E-state index is -0.416. The number of carbonyl (C=O) groups excluding carboxylic acids is 2. The molecule has 0 aromatic heterocycles. The molecule has 6 heteroatoms. The van der Waals surface area contributed by atoms with Crippen LogP contribution in [0.4, 0.5) is 0 Å². The van der Waals surface area contributed by atoms with Gasteiger partial charge in [0.05, 0.1) is 6.04 Å². The number of nitrogens with two attached hydrogens (primary N) is 1. The van der Waals surface area contributed by atoms with E-state index in [1.54, 1.807) is 9.80 Å². The Morgan fingerprint density at radius 3 is 2.42 bits per heavy atom. The van der Waals surface area contributed by atoms with Crippen molar-refractivity contribution >= 4 is 11.8 Å². The molecule has 0 aromatic carbocycles. The molecular weight excluding hydrogens is 246 g/mol. The Kier molecular flexibility index (Phi) is 4.76. The summed E-state index contributed by atoms with van der Waals surface area (Å²) in [5.41, 5.74) is 5.75. The molecule has 2 amide bonds. The van der Waals surface area contributed by atoms with Crippen LogP contribution < -0.4 is 5.73 Å². The summed E-state index contributed by atoms with van der Waals surface area (Å²) in [6.07, 6.45) is 2.16. The molecule has 6 nitrogen and oxygen atoms in total. The topological polar surface area (TPSA) is 75.9 Å². The molecule has 2 N–H and O–H groups in total. The molecule has 0 bridgehead atoms. The molecule has 1 unspecified atom stereocenters. The van der Waals surface area contributed by atoms with E-state index in [0.717, 1.165) is 12.8 Å². The first kappa shape index (κ1) is 14.3. The smallest absolute Gasteiger partial charge is 0.251 e. The molecule has 0 spiro atoms. The first-order chi connectivity index (χ1) is 9.13. The van der Waals surface area contributed by atoms with E-state index in [1.165, 1.54) is 0 Å². The predicted octanol–water partition coefficient (Wildman–Crippen LogP) is -0.426. The van der Waals surface area contributed by atoms with Crippen molar-refractivity contribution in [1.82, 2.24) is 9.80 Å². The van der Waals surface area contributed by atoms with Crippen molar-refractivity contribution in [2.75, 3.05) is 32.8 Å². The molecule has 2 rings (SSSR count). The molecule has 0 saturated carbocycles. The maximum Gasteiger partial charge on any atom is 0.251 e. The van der Waals surface area contributed by atoms with Gasteiger partial charge in [0.25, 0.3) is 5.91 Å². The van der Waals surface area contributed by atoms with Gasteiger partial charge in [-0.15, -0.1) is 0 Å². The molecule has 0 aromatic rings. The largest absolute Gasteiger partial charge is 0.368 e. The minimum Gasteiger partial charge on any atom is -0.368 e. The van der Waals surface area contributed by atoms with E-state index < -0.39 is 6.04 Å². The van der Waals surface area contributed by atoms with Crippen molar-refractivity contribution in [3.05, 3.63) is 0 Å². The summed E-state index contributed by atoms with van der Waals surface area (Å²) in [5.74, 6) is 0.0658. The van der Waals surface area contributed by atoms with Gasteiger partial charge in [-0.1, -0.05) is 6.92 Å². The number of amides is 2. The quantitative estimate of drug-likeness (QED) is 0.754. The van der Waals surface area contributed by atoms with Crippen molar-refractivity contribution < 1.29 is 14.3 Å². The van der Waals surface area contributed by atoms with Crippen LogP contribution in [0.1, 0.15) is 26.2 Å². The Morgan fingerprint density at radius 1 is 1.26 bits per heavy atom. The number of hydrogen-bond donors (Lipinski definition) is 1. The highest BCUT2D eigenvalue weighted by atomic mass is 16.5. The molecule has 2 atom stereocenters. The summed E-state index contributed by atoms with van der Waals surface area (Å²) in [6.45, 7) is 4.90. The van der Waals surface area contributed by atoms with Gasteiger partial charge >= 0.3 is 0 Å². The van der Waals surface area contributed by atoms with Crippen LogP contribution in [0.15, 0.2) is 0 Å². The van der Waals surface area contributed by atoms with Crippen molar-refractivity contribution in [1.29, 1.82) is 0 Å². The van der Waals surface area contributed by atoms with Gasteiger partial charge in [-0.25, -0.2) is 0 Å². The zero-order chi connectivity index (χ0) is 13.8. The number of rotatable bonds is 3. The van der Waals surface area contributed by atoms with Crippen LogP contribution in [0.25, 0.3) is 0 Å². The summed E-state index contributed by atoms with van der Waals surface area (Å²) in [7, 11) is 0. The monoisotopic (exact) mass is 269 g/mol. The highest BCUT2D eigenvalue weighted by Gasteiger charge is 2.31. The van der Waals surface area contributed by atoms with Gasteiger partial charge in [0.2, 0.25) is 5.91 Å². The van der Waals surface area contributed by atoms with Crippen molar-refractivity contribution in [2.24, 2.45) is 5.73 Å². The van der Waals surface area contributed by atoms with Gasteiger partial charge in [-0.05, 0) is 19.3 Å². The van der Waals surface area contributed by atoms with Crippen LogP contribution in [0.5, 0.6) is 0 Å². The standard InChI is InChI=1S/C13H23N3O3/c1-2-10(14)12(17)15-5-7-16(8-6-15)13(18)11-4-3-9-19-11/h10-11H,2-9,14H2,1H3/t10-,11?/m0/s1. The summed E-state index contributed by atoms with van der Waals surface area (Å²) < 4.78 is 5.41. The van der Waals surface area contributed by atoms with Gasteiger partial charge in [0.1, 0.15) is 6.10 Å². The highest BCUT2D eigenvalue weighted by molar-refractivity contribution is 5.83. The Morgan fingerprint density at radius 2 is 1.89 bits per heavy atom. The zero-order valence-corrected chi connectivity index (χ0v) is 11.5. The fraction of sp³-hybridized carbons (Fsp3) is 0.846. The molecule has 0 radical (unpaired) electrons. The van der Waals surface area contributed by atoms with Crippen LogP contribution in [-0.4, -0.2) is 66.5 Å². The number of ether oxygens (including phenoxy) is 1. The van der Waals surface area contributed by atoms with Gasteiger partial charge < -0.3 is 20.3 Å². The van der Waals surface area contributed by atoms with Crippen LogP contribution >= 0.6 is 0 Å². The third-order valence-corrected chi connectivity index (χ3v) is 3.87. The molecule has 2 heterocycles. The first-order valence-electron chi connectivity index (χ1n) is 7.08. The Labute approximate surface area is 113 Å². The van der Waals surface area contributed by atoms with E-state index in [0.29, 0.717) is 39.2 Å². The second kappa shape index (κ2) is 6.34. The van der Waals surface area contributed by atoms with E-state index in [1.807, 2.05) is 6.92 Å². The fourth-order valence-corrected chi connectivity index (χ4v) is 2.53. The van der Waals surface area contributed by atoms with E-state index >= 15 is 0 Å². The van der Waals surface area contributed by atoms with Crippen LogP contribution in [0.2, 0.25) is 0 Å².